The van der Waals surface area contributed by atoms with Gasteiger partial charge in [-0.15, -0.1) is 11.3 Å². The van der Waals surface area contributed by atoms with E-state index in [4.69, 9.17) is 16.3 Å². The number of aliphatic carboxylic acids is 1. The van der Waals surface area contributed by atoms with E-state index in [0.29, 0.717) is 18.2 Å². The van der Waals surface area contributed by atoms with Gasteiger partial charge < -0.3 is 14.7 Å². The number of nitrogens with zero attached hydrogens (tertiary/aromatic N) is 1. The summed E-state index contributed by atoms with van der Waals surface area (Å²) in [5.41, 5.74) is 1.13. The lowest BCUT2D eigenvalue weighted by atomic mass is 10.1. The molecule has 1 aromatic heterocycles. The number of morpholine rings is 1. The molecular formula is C24H23ClN2O5S2. The van der Waals surface area contributed by atoms with Gasteiger partial charge in [-0.1, -0.05) is 35.9 Å². The van der Waals surface area contributed by atoms with Crippen molar-refractivity contribution >= 4 is 44.6 Å². The topological polar surface area (TPSA) is 95.9 Å². The number of carbonyl (C=O) groups is 1. The molecule has 1 aliphatic carbocycles. The Balaban J connectivity index is 1.34. The van der Waals surface area contributed by atoms with Crippen LogP contribution in [-0.2, 0) is 19.6 Å². The fourth-order valence-corrected chi connectivity index (χ4v) is 7.16. The van der Waals surface area contributed by atoms with Crippen molar-refractivity contribution in [2.24, 2.45) is 0 Å². The molecule has 5 rings (SSSR count). The standard InChI is InChI=1S/C24H23ClN2O5S2/c25-18-5-1-17(2-6-18)21-9-10-22(33-21)34(30,31)26-24(23(28)29)15-20(24)16-3-7-19(8-4-16)27-11-13-32-14-12-27/h1-10,20,26H,11-15H2,(H,28,29)/t20-,24?/m0/s1. The van der Waals surface area contributed by atoms with Crippen LogP contribution in [0.5, 0.6) is 0 Å². The Morgan fingerprint density at radius 2 is 1.74 bits per heavy atom. The van der Waals surface area contributed by atoms with Crippen molar-refractivity contribution in [3.8, 4) is 10.4 Å². The summed E-state index contributed by atoms with van der Waals surface area (Å²) in [6.07, 6.45) is 0.202. The third-order valence-corrected chi connectivity index (χ3v) is 9.69. The van der Waals surface area contributed by atoms with Gasteiger partial charge in [0.1, 0.15) is 9.75 Å². The van der Waals surface area contributed by atoms with Crippen LogP contribution in [0.2, 0.25) is 5.02 Å². The minimum atomic E-state index is -4.02. The Morgan fingerprint density at radius 1 is 1.06 bits per heavy atom. The number of ether oxygens (including phenoxy) is 1. The van der Waals surface area contributed by atoms with Gasteiger partial charge in [0.2, 0.25) is 0 Å². The summed E-state index contributed by atoms with van der Waals surface area (Å²) in [5.74, 6) is -1.61. The van der Waals surface area contributed by atoms with Gasteiger partial charge in [-0.2, -0.15) is 4.72 Å². The molecule has 2 heterocycles. The van der Waals surface area contributed by atoms with Crippen LogP contribution < -0.4 is 9.62 Å². The Morgan fingerprint density at radius 3 is 2.38 bits per heavy atom. The molecule has 0 bridgehead atoms. The minimum Gasteiger partial charge on any atom is -0.480 e. The van der Waals surface area contributed by atoms with E-state index in [1.807, 2.05) is 36.4 Å². The van der Waals surface area contributed by atoms with Crippen LogP contribution in [0.1, 0.15) is 17.9 Å². The molecule has 2 atom stereocenters. The van der Waals surface area contributed by atoms with Crippen molar-refractivity contribution in [2.45, 2.75) is 22.1 Å². The number of carboxylic acid groups (broad SMARTS) is 1. The van der Waals surface area contributed by atoms with E-state index in [1.54, 1.807) is 18.2 Å². The van der Waals surface area contributed by atoms with Gasteiger partial charge >= 0.3 is 5.97 Å². The Labute approximate surface area is 207 Å². The van der Waals surface area contributed by atoms with E-state index in [0.717, 1.165) is 46.1 Å². The number of anilines is 1. The molecule has 2 N–H and O–H groups in total. The van der Waals surface area contributed by atoms with Crippen LogP contribution in [0.15, 0.2) is 64.9 Å². The molecule has 2 fully saturated rings. The van der Waals surface area contributed by atoms with Gasteiger partial charge in [0.05, 0.1) is 13.2 Å². The summed E-state index contributed by atoms with van der Waals surface area (Å²) < 4.78 is 34.2. The molecule has 3 aromatic rings. The van der Waals surface area contributed by atoms with Gasteiger partial charge in [0.15, 0.2) is 0 Å². The first kappa shape index (κ1) is 23.3. The number of sulfonamides is 1. The van der Waals surface area contributed by atoms with Gasteiger partial charge in [-0.3, -0.25) is 4.79 Å². The molecule has 7 nitrogen and oxygen atoms in total. The number of hydrogen-bond donors (Lipinski definition) is 2. The van der Waals surface area contributed by atoms with E-state index in [2.05, 4.69) is 9.62 Å². The monoisotopic (exact) mass is 518 g/mol. The summed E-state index contributed by atoms with van der Waals surface area (Å²) in [7, 11) is -4.02. The first-order valence-electron chi connectivity index (χ1n) is 10.8. The normalized spacial score (nSPS) is 22.5. The molecule has 0 radical (unpaired) electrons. The highest BCUT2D eigenvalue weighted by Crippen LogP contribution is 2.53. The summed E-state index contributed by atoms with van der Waals surface area (Å²) in [6, 6.07) is 18.0. The van der Waals surface area contributed by atoms with E-state index in [-0.39, 0.29) is 10.6 Å². The van der Waals surface area contributed by atoms with E-state index >= 15 is 0 Å². The molecule has 178 valence electrons. The van der Waals surface area contributed by atoms with Crippen molar-refractivity contribution in [3.63, 3.8) is 0 Å². The van der Waals surface area contributed by atoms with Crippen LogP contribution >= 0.6 is 22.9 Å². The first-order chi connectivity index (χ1) is 16.3. The lowest BCUT2D eigenvalue weighted by Crippen LogP contribution is -2.44. The van der Waals surface area contributed by atoms with Gasteiger partial charge in [-0.25, -0.2) is 8.42 Å². The minimum absolute atomic E-state index is 0.0754. The molecule has 1 unspecified atom stereocenters. The first-order valence-corrected chi connectivity index (χ1v) is 13.5. The second kappa shape index (κ2) is 8.98. The quantitative estimate of drug-likeness (QED) is 0.487. The number of halogens is 1. The van der Waals surface area contributed by atoms with Gasteiger partial charge in [-0.05, 0) is 53.9 Å². The Hall–Kier alpha value is -2.43. The summed E-state index contributed by atoms with van der Waals surface area (Å²) >= 11 is 7.02. The Bertz CT molecular complexity index is 1300. The number of hydrogen-bond acceptors (Lipinski definition) is 6. The second-order valence-corrected chi connectivity index (χ2v) is 11.9. The highest BCUT2D eigenvalue weighted by Gasteiger charge is 2.63. The smallest absolute Gasteiger partial charge is 0.325 e. The number of carboxylic acids is 1. The van der Waals surface area contributed by atoms with Crippen molar-refractivity contribution in [2.75, 3.05) is 31.2 Å². The molecule has 10 heteroatoms. The van der Waals surface area contributed by atoms with Gasteiger partial charge in [0.25, 0.3) is 10.0 Å². The zero-order chi connectivity index (χ0) is 23.9. The second-order valence-electron chi connectivity index (χ2n) is 8.46. The maximum absolute atomic E-state index is 13.1. The molecular weight excluding hydrogens is 496 g/mol. The zero-order valence-electron chi connectivity index (χ0n) is 18.1. The molecule has 2 aromatic carbocycles. The maximum Gasteiger partial charge on any atom is 0.325 e. The predicted octanol–water partition coefficient (Wildman–Crippen LogP) is 4.19. The van der Waals surface area contributed by atoms with Crippen LogP contribution in [0, 0.1) is 0 Å². The predicted molar refractivity (Wildman–Crippen MR) is 132 cm³/mol. The summed E-state index contributed by atoms with van der Waals surface area (Å²) in [6.45, 7) is 2.97. The van der Waals surface area contributed by atoms with Crippen LogP contribution in [-0.4, -0.2) is 51.3 Å². The molecule has 1 saturated heterocycles. The molecule has 2 aliphatic rings. The summed E-state index contributed by atoms with van der Waals surface area (Å²) in [5, 5.41) is 10.5. The Kier molecular flexibility index (Phi) is 6.16. The highest BCUT2D eigenvalue weighted by molar-refractivity contribution is 7.91. The van der Waals surface area contributed by atoms with Crippen LogP contribution in [0.25, 0.3) is 10.4 Å². The van der Waals surface area contributed by atoms with Crippen molar-refractivity contribution < 1.29 is 23.1 Å². The molecule has 0 spiro atoms. The average Bonchev–Trinajstić information content (AvgIpc) is 3.33. The summed E-state index contributed by atoms with van der Waals surface area (Å²) in [4.78, 5) is 15.2. The fourth-order valence-electron chi connectivity index (χ4n) is 4.32. The van der Waals surface area contributed by atoms with Crippen LogP contribution in [0.4, 0.5) is 5.69 Å². The highest BCUT2D eigenvalue weighted by atomic mass is 35.5. The number of rotatable bonds is 7. The zero-order valence-corrected chi connectivity index (χ0v) is 20.5. The number of benzene rings is 2. The number of thiophene rings is 1. The van der Waals surface area contributed by atoms with E-state index < -0.39 is 27.4 Å². The molecule has 0 amide bonds. The fraction of sp³-hybridized carbons (Fsp3) is 0.292. The number of nitrogens with one attached hydrogen (secondary N) is 1. The molecule has 1 aliphatic heterocycles. The maximum atomic E-state index is 13.1. The molecule has 34 heavy (non-hydrogen) atoms. The molecule has 1 saturated carbocycles. The average molecular weight is 519 g/mol. The third-order valence-electron chi connectivity index (χ3n) is 6.31. The van der Waals surface area contributed by atoms with Crippen molar-refractivity contribution in [3.05, 3.63) is 71.2 Å². The lowest BCUT2D eigenvalue weighted by molar-refractivity contribution is -0.140. The van der Waals surface area contributed by atoms with E-state index in [1.165, 1.54) is 6.07 Å². The van der Waals surface area contributed by atoms with E-state index in [9.17, 15) is 18.3 Å². The van der Waals surface area contributed by atoms with Gasteiger partial charge in [0, 0.05) is 34.6 Å². The SMILES string of the molecule is O=C(O)C1(NS(=O)(=O)c2ccc(-c3ccc(Cl)cc3)s2)C[C@H]1c1ccc(N2CCOCC2)cc1. The van der Waals surface area contributed by atoms with Crippen molar-refractivity contribution in [1.29, 1.82) is 0 Å². The third kappa shape index (κ3) is 4.46. The van der Waals surface area contributed by atoms with Crippen LogP contribution in [0.3, 0.4) is 0 Å². The largest absolute Gasteiger partial charge is 0.480 e. The lowest BCUT2D eigenvalue weighted by Gasteiger charge is -2.29. The van der Waals surface area contributed by atoms with Crippen molar-refractivity contribution in [1.82, 2.24) is 4.72 Å².